The van der Waals surface area contributed by atoms with Crippen molar-refractivity contribution >= 4 is 5.91 Å². The molecule has 1 aliphatic rings. The predicted octanol–water partition coefficient (Wildman–Crippen LogP) is 1.40. The number of aromatic nitrogens is 2. The Morgan fingerprint density at radius 2 is 2.33 bits per heavy atom. The standard InChI is InChI=1S/C18H20N4O2/c1-22-11-12(10-19)6-17(22)18(24)21-16(13-7-15(23)8-13)9-14-4-2-3-5-20-14/h2-6,11,13,15-16,23H,7-9H2,1H3,(H,21,24)/t13?,15?,16-/m0/s1. The Kier molecular flexibility index (Phi) is 4.63. The van der Waals surface area contributed by atoms with Crippen LogP contribution in [-0.2, 0) is 13.5 Å². The molecule has 1 amide bonds. The molecular weight excluding hydrogens is 304 g/mol. The molecule has 2 aromatic rings. The van der Waals surface area contributed by atoms with E-state index in [1.54, 1.807) is 30.1 Å². The van der Waals surface area contributed by atoms with E-state index in [0.717, 1.165) is 5.69 Å². The van der Waals surface area contributed by atoms with Gasteiger partial charge in [0.2, 0.25) is 0 Å². The van der Waals surface area contributed by atoms with Gasteiger partial charge < -0.3 is 15.0 Å². The number of hydrogen-bond donors (Lipinski definition) is 2. The number of nitrogens with zero attached hydrogens (tertiary/aromatic N) is 3. The van der Waals surface area contributed by atoms with E-state index in [4.69, 9.17) is 5.26 Å². The number of aryl methyl sites for hydroxylation is 1. The Morgan fingerprint density at radius 3 is 2.92 bits per heavy atom. The Balaban J connectivity index is 1.74. The number of hydrogen-bond acceptors (Lipinski definition) is 4. The highest BCUT2D eigenvalue weighted by molar-refractivity contribution is 5.93. The van der Waals surface area contributed by atoms with Crippen molar-refractivity contribution in [1.29, 1.82) is 5.26 Å². The summed E-state index contributed by atoms with van der Waals surface area (Å²) >= 11 is 0. The number of nitrogens with one attached hydrogen (secondary N) is 1. The smallest absolute Gasteiger partial charge is 0.268 e. The van der Waals surface area contributed by atoms with Gasteiger partial charge in [0.25, 0.3) is 5.91 Å². The van der Waals surface area contributed by atoms with Crippen molar-refractivity contribution in [2.75, 3.05) is 0 Å². The molecule has 1 aliphatic carbocycles. The molecule has 6 heteroatoms. The molecule has 0 spiro atoms. The molecule has 0 bridgehead atoms. The zero-order valence-electron chi connectivity index (χ0n) is 13.5. The van der Waals surface area contributed by atoms with E-state index >= 15 is 0 Å². The third kappa shape index (κ3) is 3.47. The molecule has 0 radical (unpaired) electrons. The molecule has 1 saturated carbocycles. The molecule has 1 atom stereocenters. The van der Waals surface area contributed by atoms with Crippen LogP contribution in [0.5, 0.6) is 0 Å². The second-order valence-electron chi connectivity index (χ2n) is 6.33. The fraction of sp³-hybridized carbons (Fsp3) is 0.389. The highest BCUT2D eigenvalue weighted by Crippen LogP contribution is 2.31. The fourth-order valence-electron chi connectivity index (χ4n) is 3.13. The van der Waals surface area contributed by atoms with E-state index in [1.165, 1.54) is 0 Å². The van der Waals surface area contributed by atoms with E-state index in [-0.39, 0.29) is 24.0 Å². The summed E-state index contributed by atoms with van der Waals surface area (Å²) < 4.78 is 1.65. The average Bonchev–Trinajstić information content (AvgIpc) is 2.93. The lowest BCUT2D eigenvalue weighted by atomic mass is 9.76. The number of pyridine rings is 1. The van der Waals surface area contributed by atoms with Crippen LogP contribution in [0.25, 0.3) is 0 Å². The van der Waals surface area contributed by atoms with Crippen LogP contribution in [-0.4, -0.2) is 32.7 Å². The molecule has 2 N–H and O–H groups in total. The van der Waals surface area contributed by atoms with Gasteiger partial charge in [-0.15, -0.1) is 0 Å². The van der Waals surface area contributed by atoms with Gasteiger partial charge in [-0.05, 0) is 37.0 Å². The lowest BCUT2D eigenvalue weighted by Crippen LogP contribution is -2.48. The van der Waals surface area contributed by atoms with Gasteiger partial charge in [-0.1, -0.05) is 6.07 Å². The van der Waals surface area contributed by atoms with Crippen LogP contribution in [0.15, 0.2) is 36.7 Å². The first-order valence-electron chi connectivity index (χ1n) is 8.02. The van der Waals surface area contributed by atoms with Gasteiger partial charge in [0.15, 0.2) is 0 Å². The van der Waals surface area contributed by atoms with E-state index < -0.39 is 0 Å². The zero-order chi connectivity index (χ0) is 17.1. The molecule has 3 rings (SSSR count). The van der Waals surface area contributed by atoms with Gasteiger partial charge in [0.05, 0.1) is 11.7 Å². The minimum atomic E-state index is -0.279. The van der Waals surface area contributed by atoms with Crippen molar-refractivity contribution in [3.63, 3.8) is 0 Å². The molecule has 124 valence electrons. The number of carbonyl (C=O) groups is 1. The topological polar surface area (TPSA) is 90.9 Å². The zero-order valence-corrected chi connectivity index (χ0v) is 13.5. The van der Waals surface area contributed by atoms with Crippen LogP contribution in [0.1, 0.15) is 34.6 Å². The highest BCUT2D eigenvalue weighted by atomic mass is 16.3. The molecule has 0 aliphatic heterocycles. The summed E-state index contributed by atoms with van der Waals surface area (Å²) in [6.45, 7) is 0. The number of aliphatic hydroxyl groups excluding tert-OH is 1. The first-order chi connectivity index (χ1) is 11.6. The number of nitriles is 1. The van der Waals surface area contributed by atoms with E-state index in [9.17, 15) is 9.90 Å². The number of rotatable bonds is 5. The fourth-order valence-corrected chi connectivity index (χ4v) is 3.13. The van der Waals surface area contributed by atoms with Crippen molar-refractivity contribution in [2.45, 2.75) is 31.4 Å². The van der Waals surface area contributed by atoms with Crippen LogP contribution in [0, 0.1) is 17.2 Å². The highest BCUT2D eigenvalue weighted by Gasteiger charge is 2.35. The van der Waals surface area contributed by atoms with Gasteiger partial charge in [0.1, 0.15) is 11.8 Å². The Morgan fingerprint density at radius 1 is 1.54 bits per heavy atom. The van der Waals surface area contributed by atoms with Crippen molar-refractivity contribution in [3.05, 3.63) is 53.6 Å². The molecule has 24 heavy (non-hydrogen) atoms. The quantitative estimate of drug-likeness (QED) is 0.870. The first-order valence-corrected chi connectivity index (χ1v) is 8.02. The second kappa shape index (κ2) is 6.85. The SMILES string of the molecule is Cn1cc(C#N)cc1C(=O)N[C@@H](Cc1ccccn1)C1CC(O)C1. The van der Waals surface area contributed by atoms with Gasteiger partial charge in [-0.25, -0.2) is 0 Å². The summed E-state index contributed by atoms with van der Waals surface area (Å²) in [5, 5.41) is 21.6. The normalized spacial score (nSPS) is 20.7. The summed E-state index contributed by atoms with van der Waals surface area (Å²) in [5.74, 6) is 0.0305. The summed E-state index contributed by atoms with van der Waals surface area (Å²) in [5.41, 5.74) is 1.83. The molecular formula is C18H20N4O2. The van der Waals surface area contributed by atoms with E-state index in [1.807, 2.05) is 24.3 Å². The number of carbonyl (C=O) groups excluding carboxylic acids is 1. The van der Waals surface area contributed by atoms with Crippen LogP contribution in [0.2, 0.25) is 0 Å². The number of amides is 1. The van der Waals surface area contributed by atoms with Crippen molar-refractivity contribution in [3.8, 4) is 6.07 Å². The maximum Gasteiger partial charge on any atom is 0.268 e. The lowest BCUT2D eigenvalue weighted by molar-refractivity contribution is 0.0237. The van der Waals surface area contributed by atoms with Crippen LogP contribution >= 0.6 is 0 Å². The Bertz CT molecular complexity index is 757. The third-order valence-corrected chi connectivity index (χ3v) is 4.56. The van der Waals surface area contributed by atoms with Crippen LogP contribution in [0.4, 0.5) is 0 Å². The third-order valence-electron chi connectivity index (χ3n) is 4.56. The van der Waals surface area contributed by atoms with Gasteiger partial charge in [-0.2, -0.15) is 5.26 Å². The van der Waals surface area contributed by atoms with Crippen molar-refractivity contribution in [1.82, 2.24) is 14.9 Å². The maximum atomic E-state index is 12.6. The molecule has 0 aromatic carbocycles. The summed E-state index contributed by atoms with van der Waals surface area (Å²) in [7, 11) is 1.75. The second-order valence-corrected chi connectivity index (χ2v) is 6.33. The summed E-state index contributed by atoms with van der Waals surface area (Å²) in [4.78, 5) is 16.9. The average molecular weight is 324 g/mol. The number of aliphatic hydroxyl groups is 1. The first kappa shape index (κ1) is 16.2. The summed E-state index contributed by atoms with van der Waals surface area (Å²) in [6.07, 6.45) is 5.09. The van der Waals surface area contributed by atoms with E-state index in [0.29, 0.717) is 30.5 Å². The molecule has 2 heterocycles. The molecule has 6 nitrogen and oxygen atoms in total. The van der Waals surface area contributed by atoms with Crippen LogP contribution < -0.4 is 5.32 Å². The predicted molar refractivity (Wildman–Crippen MR) is 88.1 cm³/mol. The molecule has 2 aromatic heterocycles. The van der Waals surface area contributed by atoms with Gasteiger partial charge in [0, 0.05) is 37.6 Å². The van der Waals surface area contributed by atoms with E-state index in [2.05, 4.69) is 10.3 Å². The lowest BCUT2D eigenvalue weighted by Gasteiger charge is -2.38. The van der Waals surface area contributed by atoms with Crippen molar-refractivity contribution in [2.24, 2.45) is 13.0 Å². The van der Waals surface area contributed by atoms with Gasteiger partial charge in [-0.3, -0.25) is 9.78 Å². The maximum absolute atomic E-state index is 12.6. The monoisotopic (exact) mass is 324 g/mol. The molecule has 0 saturated heterocycles. The largest absolute Gasteiger partial charge is 0.393 e. The molecule has 0 unspecified atom stereocenters. The Labute approximate surface area is 140 Å². The minimum Gasteiger partial charge on any atom is -0.393 e. The minimum absolute atomic E-state index is 0.0868. The van der Waals surface area contributed by atoms with Gasteiger partial charge >= 0.3 is 0 Å². The summed E-state index contributed by atoms with van der Waals surface area (Å²) in [6, 6.07) is 9.26. The van der Waals surface area contributed by atoms with Crippen LogP contribution in [0.3, 0.4) is 0 Å². The Hall–Kier alpha value is -2.65. The van der Waals surface area contributed by atoms with Crippen molar-refractivity contribution < 1.29 is 9.90 Å². The molecule has 1 fully saturated rings.